The smallest absolute Gasteiger partial charge is 0.321 e. The van der Waals surface area contributed by atoms with E-state index in [1.165, 1.54) is 18.3 Å². The highest BCUT2D eigenvalue weighted by Gasteiger charge is 2.24. The van der Waals surface area contributed by atoms with Gasteiger partial charge in [0.1, 0.15) is 5.75 Å². The van der Waals surface area contributed by atoms with E-state index in [1.54, 1.807) is 31.2 Å². The number of hydrogen-bond acceptors (Lipinski definition) is 4. The molecule has 1 aliphatic heterocycles. The van der Waals surface area contributed by atoms with Crippen LogP contribution in [0.25, 0.3) is 0 Å². The Bertz CT molecular complexity index is 760. The summed E-state index contributed by atoms with van der Waals surface area (Å²) in [4.78, 5) is 23.7. The average Bonchev–Trinajstić information content (AvgIpc) is 2.49. The maximum atomic E-state index is 12.1. The molecule has 1 aromatic carbocycles. The van der Waals surface area contributed by atoms with Crippen LogP contribution >= 0.6 is 0 Å². The van der Waals surface area contributed by atoms with Crippen LogP contribution in [0.1, 0.15) is 17.4 Å². The third-order valence-corrected chi connectivity index (χ3v) is 3.23. The van der Waals surface area contributed by atoms with Gasteiger partial charge in [-0.05, 0) is 31.2 Å². The van der Waals surface area contributed by atoms with E-state index in [-0.39, 0.29) is 11.6 Å². The highest BCUT2D eigenvalue weighted by atomic mass is 16.5. The lowest BCUT2D eigenvalue weighted by atomic mass is 10.2. The van der Waals surface area contributed by atoms with E-state index in [9.17, 15) is 14.8 Å². The molecule has 7 heteroatoms. The Morgan fingerprint density at radius 3 is 2.95 bits per heavy atom. The molecule has 0 fully saturated rings. The number of nitrogens with zero attached hydrogens (tertiary/aromatic N) is 1. The first kappa shape index (κ1) is 13.9. The van der Waals surface area contributed by atoms with E-state index >= 15 is 0 Å². The summed E-state index contributed by atoms with van der Waals surface area (Å²) in [6.07, 6.45) is 0.689. The second-order valence-corrected chi connectivity index (χ2v) is 4.83. The number of rotatable bonds is 2. The highest BCUT2D eigenvalue weighted by molar-refractivity contribution is 6.03. The number of fused-ring (bicyclic) bond motifs is 1. The lowest BCUT2D eigenvalue weighted by Crippen LogP contribution is -2.36. The number of amides is 2. The third-order valence-electron chi connectivity index (χ3n) is 3.23. The molecule has 0 saturated heterocycles. The van der Waals surface area contributed by atoms with Gasteiger partial charge in [0.25, 0.3) is 11.6 Å². The first-order chi connectivity index (χ1) is 10.5. The van der Waals surface area contributed by atoms with E-state index in [1.807, 2.05) is 0 Å². The summed E-state index contributed by atoms with van der Waals surface area (Å²) < 4.78 is 5.92. The minimum Gasteiger partial charge on any atom is -0.618 e. The zero-order chi connectivity index (χ0) is 15.7. The first-order valence-corrected chi connectivity index (χ1v) is 6.66. The molecule has 0 bridgehead atoms. The fourth-order valence-corrected chi connectivity index (χ4v) is 2.09. The van der Waals surface area contributed by atoms with Crippen molar-refractivity contribution < 1.29 is 19.1 Å². The van der Waals surface area contributed by atoms with Crippen molar-refractivity contribution in [1.29, 1.82) is 0 Å². The van der Waals surface area contributed by atoms with Gasteiger partial charge < -0.3 is 20.6 Å². The molecule has 2 amide bonds. The molecule has 2 aromatic rings. The number of hydrogen-bond donors (Lipinski definition) is 2. The van der Waals surface area contributed by atoms with Gasteiger partial charge in [-0.25, -0.2) is 0 Å². The molecule has 22 heavy (non-hydrogen) atoms. The summed E-state index contributed by atoms with van der Waals surface area (Å²) >= 11 is 0. The molecule has 0 saturated carbocycles. The summed E-state index contributed by atoms with van der Waals surface area (Å²) in [6.45, 7) is 1.65. The van der Waals surface area contributed by atoms with E-state index in [2.05, 4.69) is 10.6 Å². The van der Waals surface area contributed by atoms with Crippen molar-refractivity contribution in [2.45, 2.75) is 13.0 Å². The number of carbonyl (C=O) groups is 2. The molecule has 0 spiro atoms. The van der Waals surface area contributed by atoms with Gasteiger partial charge in [-0.15, -0.1) is 0 Å². The number of carbonyl (C=O) groups excluding carboxylic acids is 2. The maximum absolute atomic E-state index is 12.1. The molecule has 3 rings (SSSR count). The van der Waals surface area contributed by atoms with Crippen LogP contribution in [0.15, 0.2) is 42.6 Å². The highest BCUT2D eigenvalue weighted by Crippen LogP contribution is 2.32. The SMILES string of the molecule is C[C@H]1Oc2ccc(NC(=O)c3cccc[n+]3[O-])cc2NC1=O. The van der Waals surface area contributed by atoms with Gasteiger partial charge in [-0.3, -0.25) is 9.59 Å². The predicted octanol–water partition coefficient (Wildman–Crippen LogP) is 1.29. The first-order valence-electron chi connectivity index (χ1n) is 6.66. The number of aromatic nitrogens is 1. The standard InChI is InChI=1S/C15H13N3O4/c1-9-14(19)17-11-8-10(5-6-13(11)22-9)16-15(20)12-4-2-3-7-18(12)21/h2-9H,1H3,(H,16,20)(H,17,19)/t9-/m1/s1. The number of ether oxygens (including phenoxy) is 1. The minimum absolute atomic E-state index is 0.0193. The monoisotopic (exact) mass is 299 g/mol. The van der Waals surface area contributed by atoms with Crippen LogP contribution in [0.2, 0.25) is 0 Å². The summed E-state index contributed by atoms with van der Waals surface area (Å²) in [5.74, 6) is -0.257. The van der Waals surface area contributed by atoms with Crippen molar-refractivity contribution in [3.8, 4) is 5.75 Å². The zero-order valence-corrected chi connectivity index (χ0v) is 11.7. The van der Waals surface area contributed by atoms with Gasteiger partial charge in [0.05, 0.1) is 5.69 Å². The Morgan fingerprint density at radius 2 is 2.18 bits per heavy atom. The number of nitrogens with one attached hydrogen (secondary N) is 2. The second kappa shape index (κ2) is 5.36. The third kappa shape index (κ3) is 2.56. The average molecular weight is 299 g/mol. The lowest BCUT2D eigenvalue weighted by molar-refractivity contribution is -0.607. The van der Waals surface area contributed by atoms with Gasteiger partial charge in [0, 0.05) is 17.8 Å². The molecule has 0 radical (unpaired) electrons. The van der Waals surface area contributed by atoms with Crippen molar-refractivity contribution >= 4 is 23.2 Å². The van der Waals surface area contributed by atoms with E-state index in [0.717, 1.165) is 0 Å². The Kier molecular flexibility index (Phi) is 3.38. The molecule has 0 aliphatic carbocycles. The normalized spacial score (nSPS) is 16.2. The fourth-order valence-electron chi connectivity index (χ4n) is 2.09. The molecular formula is C15H13N3O4. The van der Waals surface area contributed by atoms with Crippen LogP contribution in [-0.4, -0.2) is 17.9 Å². The fraction of sp³-hybridized carbons (Fsp3) is 0.133. The summed E-state index contributed by atoms with van der Waals surface area (Å²) in [5.41, 5.74) is 0.907. The molecule has 7 nitrogen and oxygen atoms in total. The van der Waals surface area contributed by atoms with Crippen LogP contribution in [0.4, 0.5) is 11.4 Å². The van der Waals surface area contributed by atoms with E-state index in [0.29, 0.717) is 21.9 Å². The molecule has 1 aromatic heterocycles. The van der Waals surface area contributed by atoms with Gasteiger partial charge in [0.15, 0.2) is 12.3 Å². The van der Waals surface area contributed by atoms with Crippen LogP contribution < -0.4 is 20.1 Å². The Hall–Kier alpha value is -3.09. The van der Waals surface area contributed by atoms with Crippen LogP contribution in [-0.2, 0) is 4.79 Å². The molecule has 2 heterocycles. The van der Waals surface area contributed by atoms with E-state index < -0.39 is 12.0 Å². The molecule has 1 atom stereocenters. The minimum atomic E-state index is -0.559. The lowest BCUT2D eigenvalue weighted by Gasteiger charge is -2.23. The molecule has 1 aliphatic rings. The second-order valence-electron chi connectivity index (χ2n) is 4.83. The van der Waals surface area contributed by atoms with Crippen LogP contribution in [0.3, 0.4) is 0 Å². The summed E-state index contributed by atoms with van der Waals surface area (Å²) in [7, 11) is 0. The number of pyridine rings is 1. The quantitative estimate of drug-likeness (QED) is 0.645. The Balaban J connectivity index is 1.82. The van der Waals surface area contributed by atoms with Crippen molar-refractivity contribution in [2.24, 2.45) is 0 Å². The van der Waals surface area contributed by atoms with Crippen LogP contribution in [0, 0.1) is 5.21 Å². The largest absolute Gasteiger partial charge is 0.618 e. The van der Waals surface area contributed by atoms with Crippen molar-refractivity contribution in [2.75, 3.05) is 10.6 Å². The van der Waals surface area contributed by atoms with Crippen molar-refractivity contribution in [3.05, 3.63) is 53.5 Å². The van der Waals surface area contributed by atoms with Crippen molar-refractivity contribution in [1.82, 2.24) is 0 Å². The van der Waals surface area contributed by atoms with E-state index in [4.69, 9.17) is 4.74 Å². The number of anilines is 2. The Morgan fingerprint density at radius 1 is 1.36 bits per heavy atom. The van der Waals surface area contributed by atoms with Gasteiger partial charge in [0.2, 0.25) is 0 Å². The van der Waals surface area contributed by atoms with Gasteiger partial charge in [-0.2, -0.15) is 4.73 Å². The predicted molar refractivity (Wildman–Crippen MR) is 78.5 cm³/mol. The topological polar surface area (TPSA) is 94.4 Å². The van der Waals surface area contributed by atoms with Gasteiger partial charge in [-0.1, -0.05) is 0 Å². The maximum Gasteiger partial charge on any atom is 0.321 e. The molecule has 0 unspecified atom stereocenters. The summed E-state index contributed by atoms with van der Waals surface area (Å²) in [6, 6.07) is 9.43. The Labute approximate surface area is 126 Å². The van der Waals surface area contributed by atoms with Gasteiger partial charge >= 0.3 is 5.91 Å². The molecule has 112 valence electrons. The summed E-state index contributed by atoms with van der Waals surface area (Å²) in [5, 5.41) is 16.8. The zero-order valence-electron chi connectivity index (χ0n) is 11.7. The molecule has 2 N–H and O–H groups in total. The number of benzene rings is 1. The van der Waals surface area contributed by atoms with Crippen LogP contribution in [0.5, 0.6) is 5.75 Å². The van der Waals surface area contributed by atoms with Crippen molar-refractivity contribution in [3.63, 3.8) is 0 Å². The molecular weight excluding hydrogens is 286 g/mol.